The lowest BCUT2D eigenvalue weighted by molar-refractivity contribution is -0.126. The van der Waals surface area contributed by atoms with Crippen LogP contribution in [0.15, 0.2) is 88.2 Å². The number of rotatable bonds is 7. The summed E-state index contributed by atoms with van der Waals surface area (Å²) >= 11 is 3.31. The lowest BCUT2D eigenvalue weighted by atomic mass is 10.1. The van der Waals surface area contributed by atoms with Gasteiger partial charge in [-0.1, -0.05) is 46.3 Å². The van der Waals surface area contributed by atoms with Crippen molar-refractivity contribution in [3.63, 3.8) is 0 Å². The number of carbonyl (C=O) groups is 1. The molecule has 0 aromatic heterocycles. The molecule has 0 bridgehead atoms. The van der Waals surface area contributed by atoms with Crippen LogP contribution in [0, 0.1) is 0 Å². The van der Waals surface area contributed by atoms with Crippen molar-refractivity contribution in [2.45, 2.75) is 11.0 Å². The van der Waals surface area contributed by atoms with E-state index in [1.165, 1.54) is 31.4 Å². The van der Waals surface area contributed by atoms with E-state index in [9.17, 15) is 13.2 Å². The summed E-state index contributed by atoms with van der Waals surface area (Å²) in [5.41, 5.74) is 1.65. The van der Waals surface area contributed by atoms with Gasteiger partial charge in [0.1, 0.15) is 0 Å². The summed E-state index contributed by atoms with van der Waals surface area (Å²) in [6.45, 7) is 0. The van der Waals surface area contributed by atoms with Crippen LogP contribution < -0.4 is 10.0 Å². The predicted octanol–water partition coefficient (Wildman–Crippen LogP) is 4.58. The molecule has 1 amide bonds. The maximum absolute atomic E-state index is 12.5. The molecular weight excluding hydrogens is 456 g/mol. The zero-order valence-electron chi connectivity index (χ0n) is 15.5. The van der Waals surface area contributed by atoms with Crippen LogP contribution in [0.25, 0.3) is 0 Å². The molecule has 0 saturated carbocycles. The zero-order valence-corrected chi connectivity index (χ0v) is 17.9. The summed E-state index contributed by atoms with van der Waals surface area (Å²) < 4.78 is 33.7. The Morgan fingerprint density at radius 2 is 1.48 bits per heavy atom. The van der Waals surface area contributed by atoms with E-state index in [0.717, 1.165) is 10.0 Å². The van der Waals surface area contributed by atoms with Gasteiger partial charge in [-0.3, -0.25) is 9.52 Å². The first kappa shape index (κ1) is 21.0. The lowest BCUT2D eigenvalue weighted by Crippen LogP contribution is -2.22. The van der Waals surface area contributed by atoms with Crippen LogP contribution in [-0.4, -0.2) is 21.4 Å². The molecule has 3 aromatic rings. The van der Waals surface area contributed by atoms with Gasteiger partial charge >= 0.3 is 0 Å². The predicted molar refractivity (Wildman–Crippen MR) is 116 cm³/mol. The Hall–Kier alpha value is -2.68. The third kappa shape index (κ3) is 5.44. The largest absolute Gasteiger partial charge is 0.367 e. The summed E-state index contributed by atoms with van der Waals surface area (Å²) in [7, 11) is -2.28. The van der Waals surface area contributed by atoms with Crippen molar-refractivity contribution in [3.8, 4) is 0 Å². The Morgan fingerprint density at radius 1 is 0.897 bits per heavy atom. The normalized spacial score (nSPS) is 12.2. The number of carbonyl (C=O) groups excluding carboxylic acids is 1. The van der Waals surface area contributed by atoms with E-state index in [-0.39, 0.29) is 10.8 Å². The maximum Gasteiger partial charge on any atom is 0.261 e. The van der Waals surface area contributed by atoms with Crippen LogP contribution in [0.3, 0.4) is 0 Å². The number of nitrogens with one attached hydrogen (secondary N) is 2. The van der Waals surface area contributed by atoms with Gasteiger partial charge in [0.05, 0.1) is 4.90 Å². The van der Waals surface area contributed by atoms with Gasteiger partial charge in [-0.2, -0.15) is 0 Å². The summed E-state index contributed by atoms with van der Waals surface area (Å²) in [4.78, 5) is 12.6. The van der Waals surface area contributed by atoms with E-state index in [1.807, 2.05) is 18.2 Å². The van der Waals surface area contributed by atoms with Crippen molar-refractivity contribution in [3.05, 3.63) is 88.9 Å². The Bertz CT molecular complexity index is 1070. The number of amides is 1. The molecule has 29 heavy (non-hydrogen) atoms. The third-order valence-corrected chi connectivity index (χ3v) is 6.03. The van der Waals surface area contributed by atoms with Gasteiger partial charge in [0, 0.05) is 23.0 Å². The average Bonchev–Trinajstić information content (AvgIpc) is 2.71. The quantitative estimate of drug-likeness (QED) is 0.524. The molecule has 0 spiro atoms. The van der Waals surface area contributed by atoms with Gasteiger partial charge in [-0.15, -0.1) is 0 Å². The molecular formula is C21H19BrN2O4S. The van der Waals surface area contributed by atoms with Crippen molar-refractivity contribution in [2.24, 2.45) is 0 Å². The fraction of sp³-hybridized carbons (Fsp3) is 0.0952. The second-order valence-corrected chi connectivity index (χ2v) is 8.75. The number of sulfonamides is 1. The van der Waals surface area contributed by atoms with Gasteiger partial charge in [-0.25, -0.2) is 8.42 Å². The number of halogens is 1. The highest BCUT2D eigenvalue weighted by Gasteiger charge is 2.20. The zero-order chi connectivity index (χ0) is 20.9. The summed E-state index contributed by atoms with van der Waals surface area (Å²) in [5, 5.41) is 2.74. The number of anilines is 2. The number of benzene rings is 3. The van der Waals surface area contributed by atoms with E-state index < -0.39 is 16.1 Å². The first-order valence-electron chi connectivity index (χ1n) is 8.66. The second-order valence-electron chi connectivity index (χ2n) is 6.15. The van der Waals surface area contributed by atoms with Gasteiger partial charge < -0.3 is 10.1 Å². The monoisotopic (exact) mass is 474 g/mol. The number of methoxy groups -OCH3 is 1. The topological polar surface area (TPSA) is 84.5 Å². The van der Waals surface area contributed by atoms with E-state index in [0.29, 0.717) is 11.4 Å². The Kier molecular flexibility index (Phi) is 6.68. The van der Waals surface area contributed by atoms with Gasteiger partial charge in [0.25, 0.3) is 15.9 Å². The Labute approximate surface area is 178 Å². The van der Waals surface area contributed by atoms with Crippen LogP contribution in [0.1, 0.15) is 11.7 Å². The maximum atomic E-state index is 12.5. The first-order valence-corrected chi connectivity index (χ1v) is 10.9. The van der Waals surface area contributed by atoms with Gasteiger partial charge in [0.15, 0.2) is 6.10 Å². The van der Waals surface area contributed by atoms with E-state index in [2.05, 4.69) is 26.0 Å². The molecule has 0 radical (unpaired) electrons. The molecule has 150 valence electrons. The molecule has 1 atom stereocenters. The van der Waals surface area contributed by atoms with Crippen LogP contribution in [0.2, 0.25) is 0 Å². The summed E-state index contributed by atoms with van der Waals surface area (Å²) in [5.74, 6) is -0.345. The van der Waals surface area contributed by atoms with Crippen LogP contribution in [0.4, 0.5) is 11.4 Å². The highest BCUT2D eigenvalue weighted by Crippen LogP contribution is 2.22. The van der Waals surface area contributed by atoms with Gasteiger partial charge in [0.2, 0.25) is 0 Å². The lowest BCUT2D eigenvalue weighted by Gasteiger charge is -2.16. The van der Waals surface area contributed by atoms with E-state index in [4.69, 9.17) is 4.74 Å². The second kappa shape index (κ2) is 9.21. The molecule has 0 unspecified atom stereocenters. The number of hydrogen-bond donors (Lipinski definition) is 2. The van der Waals surface area contributed by atoms with Crippen molar-refractivity contribution in [1.29, 1.82) is 0 Å². The minimum Gasteiger partial charge on any atom is -0.367 e. The minimum absolute atomic E-state index is 0.0877. The third-order valence-electron chi connectivity index (χ3n) is 4.10. The van der Waals surface area contributed by atoms with Crippen molar-refractivity contribution < 1.29 is 17.9 Å². The number of hydrogen-bond acceptors (Lipinski definition) is 4. The SMILES string of the molecule is CO[C@H](C(=O)Nc1ccc(S(=O)(=O)Nc2ccc(Br)cc2)cc1)c1ccccc1. The minimum atomic E-state index is -3.74. The first-order chi connectivity index (χ1) is 13.9. The molecule has 0 aliphatic rings. The Morgan fingerprint density at radius 3 is 2.07 bits per heavy atom. The standard InChI is InChI=1S/C21H19BrN2O4S/c1-28-20(15-5-3-2-4-6-15)21(25)23-17-11-13-19(14-12-17)29(26,27)24-18-9-7-16(22)8-10-18/h2-14,20,24H,1H3,(H,23,25)/t20-/m0/s1. The molecule has 8 heteroatoms. The molecule has 0 fully saturated rings. The van der Waals surface area contributed by atoms with Crippen LogP contribution in [-0.2, 0) is 19.6 Å². The van der Waals surface area contributed by atoms with Gasteiger partial charge in [-0.05, 0) is 54.1 Å². The molecule has 0 aliphatic heterocycles. The smallest absolute Gasteiger partial charge is 0.261 e. The molecule has 2 N–H and O–H groups in total. The summed E-state index contributed by atoms with van der Waals surface area (Å²) in [6, 6.07) is 21.9. The fourth-order valence-electron chi connectivity index (χ4n) is 2.68. The summed E-state index contributed by atoms with van der Waals surface area (Å²) in [6.07, 6.45) is -0.765. The number of ether oxygens (including phenoxy) is 1. The molecule has 6 nitrogen and oxygen atoms in total. The molecule has 3 rings (SSSR count). The molecule has 0 aliphatic carbocycles. The Balaban J connectivity index is 1.70. The van der Waals surface area contributed by atoms with Crippen molar-refractivity contribution in [1.82, 2.24) is 0 Å². The van der Waals surface area contributed by atoms with Crippen molar-refractivity contribution >= 4 is 43.2 Å². The molecule has 3 aromatic carbocycles. The van der Waals surface area contributed by atoms with Crippen molar-refractivity contribution in [2.75, 3.05) is 17.1 Å². The molecule has 0 saturated heterocycles. The highest BCUT2D eigenvalue weighted by molar-refractivity contribution is 9.10. The van der Waals surface area contributed by atoms with Crippen LogP contribution >= 0.6 is 15.9 Å². The van der Waals surface area contributed by atoms with E-state index >= 15 is 0 Å². The van der Waals surface area contributed by atoms with E-state index in [1.54, 1.807) is 36.4 Å². The highest BCUT2D eigenvalue weighted by atomic mass is 79.9. The van der Waals surface area contributed by atoms with Crippen LogP contribution in [0.5, 0.6) is 0 Å². The average molecular weight is 475 g/mol. The fourth-order valence-corrected chi connectivity index (χ4v) is 4.00. The molecule has 0 heterocycles.